The summed E-state index contributed by atoms with van der Waals surface area (Å²) in [5, 5.41) is 14.4. The summed E-state index contributed by atoms with van der Waals surface area (Å²) in [7, 11) is 0. The van der Waals surface area contributed by atoms with Crippen molar-refractivity contribution in [3.8, 4) is 0 Å². The third kappa shape index (κ3) is 2.66. The van der Waals surface area contributed by atoms with Gasteiger partial charge in [0.05, 0.1) is 0 Å². The minimum Gasteiger partial charge on any atom is -0.264 e. The van der Waals surface area contributed by atoms with Crippen LogP contribution in [0.15, 0.2) is 12.3 Å². The van der Waals surface area contributed by atoms with Crippen LogP contribution in [0.3, 0.4) is 0 Å². The molecule has 0 saturated carbocycles. The van der Waals surface area contributed by atoms with Crippen molar-refractivity contribution in [1.29, 1.82) is 0 Å². The van der Waals surface area contributed by atoms with Gasteiger partial charge in [0.15, 0.2) is 11.5 Å². The molecular formula is C9H11F3N6. The fourth-order valence-corrected chi connectivity index (χ4v) is 1.47. The molecule has 2 aromatic heterocycles. The van der Waals surface area contributed by atoms with Gasteiger partial charge >= 0.3 is 6.18 Å². The zero-order valence-corrected chi connectivity index (χ0v) is 9.59. The van der Waals surface area contributed by atoms with E-state index in [4.69, 9.17) is 0 Å². The Morgan fingerprint density at radius 3 is 2.72 bits per heavy atom. The van der Waals surface area contributed by atoms with Crippen LogP contribution in [-0.4, -0.2) is 30.0 Å². The first-order valence-corrected chi connectivity index (χ1v) is 5.36. The molecule has 98 valence electrons. The van der Waals surface area contributed by atoms with Crippen molar-refractivity contribution in [2.45, 2.75) is 32.6 Å². The highest BCUT2D eigenvalue weighted by Crippen LogP contribution is 2.27. The number of nitrogens with zero attached hydrogens (tertiary/aromatic N) is 6. The van der Waals surface area contributed by atoms with Gasteiger partial charge < -0.3 is 0 Å². The van der Waals surface area contributed by atoms with Gasteiger partial charge in [-0.2, -0.15) is 18.3 Å². The molecule has 9 heteroatoms. The quantitative estimate of drug-likeness (QED) is 0.832. The van der Waals surface area contributed by atoms with Crippen LogP contribution in [0.25, 0.3) is 0 Å². The van der Waals surface area contributed by atoms with Crippen molar-refractivity contribution in [2.24, 2.45) is 0 Å². The molecule has 0 N–H and O–H groups in total. The number of halogens is 3. The molecule has 0 amide bonds. The molecule has 0 fully saturated rings. The Morgan fingerprint density at radius 2 is 2.11 bits per heavy atom. The Kier molecular flexibility index (Phi) is 3.30. The van der Waals surface area contributed by atoms with E-state index in [1.54, 1.807) is 4.68 Å². The average Bonchev–Trinajstić information content (AvgIpc) is 2.89. The molecule has 6 nitrogen and oxygen atoms in total. The molecule has 18 heavy (non-hydrogen) atoms. The Labute approximate surface area is 100 Å². The van der Waals surface area contributed by atoms with Crippen molar-refractivity contribution >= 4 is 0 Å². The maximum Gasteiger partial charge on any atom is 0.435 e. The van der Waals surface area contributed by atoms with E-state index in [1.165, 1.54) is 10.9 Å². The maximum absolute atomic E-state index is 12.4. The van der Waals surface area contributed by atoms with Crippen LogP contribution in [0.5, 0.6) is 0 Å². The Hall–Kier alpha value is -1.93. The second-order valence-electron chi connectivity index (χ2n) is 3.71. The third-order valence-corrected chi connectivity index (χ3v) is 2.28. The van der Waals surface area contributed by atoms with E-state index in [0.29, 0.717) is 12.4 Å². The predicted molar refractivity (Wildman–Crippen MR) is 54.4 cm³/mol. The highest BCUT2D eigenvalue weighted by Gasteiger charge is 2.33. The van der Waals surface area contributed by atoms with Gasteiger partial charge in [-0.3, -0.25) is 4.68 Å². The summed E-state index contributed by atoms with van der Waals surface area (Å²) in [5.41, 5.74) is -0.919. The number of alkyl halides is 3. The van der Waals surface area contributed by atoms with Crippen LogP contribution >= 0.6 is 0 Å². The number of aromatic nitrogens is 6. The number of hydrogen-bond donors (Lipinski definition) is 0. The van der Waals surface area contributed by atoms with Crippen LogP contribution in [-0.2, 0) is 19.3 Å². The first-order valence-electron chi connectivity index (χ1n) is 5.36. The Bertz CT molecular complexity index is 514. The molecule has 2 heterocycles. The first-order chi connectivity index (χ1) is 8.50. The van der Waals surface area contributed by atoms with Crippen LogP contribution in [0.4, 0.5) is 13.2 Å². The minimum absolute atomic E-state index is 0.114. The van der Waals surface area contributed by atoms with E-state index in [9.17, 15) is 13.2 Å². The van der Waals surface area contributed by atoms with Gasteiger partial charge in [0.1, 0.15) is 6.54 Å². The van der Waals surface area contributed by atoms with Gasteiger partial charge in [-0.1, -0.05) is 6.92 Å². The summed E-state index contributed by atoms with van der Waals surface area (Å²) in [6.07, 6.45) is -2.33. The van der Waals surface area contributed by atoms with E-state index in [0.717, 1.165) is 12.5 Å². The maximum atomic E-state index is 12.4. The second-order valence-corrected chi connectivity index (χ2v) is 3.71. The SMILES string of the molecule is CCCn1nnnc1Cn1ccc(C(F)(F)F)n1. The zero-order valence-electron chi connectivity index (χ0n) is 9.59. The number of aryl methyl sites for hydroxylation is 1. The van der Waals surface area contributed by atoms with E-state index >= 15 is 0 Å². The molecule has 0 aliphatic rings. The number of tetrazole rings is 1. The highest BCUT2D eigenvalue weighted by atomic mass is 19.4. The standard InChI is InChI=1S/C9H11F3N6/c1-2-4-18-8(13-15-16-18)6-17-5-3-7(14-17)9(10,11)12/h3,5H,2,4,6H2,1H3. The Morgan fingerprint density at radius 1 is 1.33 bits per heavy atom. The summed E-state index contributed by atoms with van der Waals surface area (Å²) >= 11 is 0. The predicted octanol–water partition coefficient (Wildman–Crippen LogP) is 1.35. The largest absolute Gasteiger partial charge is 0.435 e. The summed E-state index contributed by atoms with van der Waals surface area (Å²) in [6, 6.07) is 0.925. The van der Waals surface area contributed by atoms with E-state index in [-0.39, 0.29) is 6.54 Å². The van der Waals surface area contributed by atoms with Gasteiger partial charge in [-0.25, -0.2) is 4.68 Å². The molecule has 2 rings (SSSR count). The average molecular weight is 260 g/mol. The first kappa shape index (κ1) is 12.5. The fraction of sp³-hybridized carbons (Fsp3) is 0.556. The summed E-state index contributed by atoms with van der Waals surface area (Å²) in [4.78, 5) is 0. The van der Waals surface area contributed by atoms with Gasteiger partial charge in [0.25, 0.3) is 0 Å². The molecule has 0 saturated heterocycles. The van der Waals surface area contributed by atoms with Crippen molar-refractivity contribution in [3.05, 3.63) is 23.8 Å². The van der Waals surface area contributed by atoms with Crippen LogP contribution in [0.2, 0.25) is 0 Å². The van der Waals surface area contributed by atoms with Crippen molar-refractivity contribution in [3.63, 3.8) is 0 Å². The number of hydrogen-bond acceptors (Lipinski definition) is 4. The lowest BCUT2D eigenvalue weighted by molar-refractivity contribution is -0.141. The molecule has 0 atom stereocenters. The van der Waals surface area contributed by atoms with Crippen LogP contribution < -0.4 is 0 Å². The second kappa shape index (κ2) is 4.75. The van der Waals surface area contributed by atoms with Crippen molar-refractivity contribution in [1.82, 2.24) is 30.0 Å². The molecular weight excluding hydrogens is 249 g/mol. The topological polar surface area (TPSA) is 61.4 Å². The summed E-state index contributed by atoms with van der Waals surface area (Å²) in [5.74, 6) is 0.480. The van der Waals surface area contributed by atoms with Gasteiger partial charge in [0, 0.05) is 12.7 Å². The molecule has 0 bridgehead atoms. The molecule has 0 aliphatic carbocycles. The van der Waals surface area contributed by atoms with Gasteiger partial charge in [-0.05, 0) is 22.9 Å². The van der Waals surface area contributed by atoms with Gasteiger partial charge in [-0.15, -0.1) is 5.10 Å². The monoisotopic (exact) mass is 260 g/mol. The zero-order chi connectivity index (χ0) is 13.2. The fourth-order valence-electron chi connectivity index (χ4n) is 1.47. The van der Waals surface area contributed by atoms with E-state index in [2.05, 4.69) is 20.6 Å². The van der Waals surface area contributed by atoms with Crippen LogP contribution in [0.1, 0.15) is 24.9 Å². The van der Waals surface area contributed by atoms with Crippen molar-refractivity contribution < 1.29 is 13.2 Å². The van der Waals surface area contributed by atoms with E-state index < -0.39 is 11.9 Å². The molecule has 0 aromatic carbocycles. The third-order valence-electron chi connectivity index (χ3n) is 2.28. The molecule has 0 unspecified atom stereocenters. The lowest BCUT2D eigenvalue weighted by Crippen LogP contribution is -2.12. The smallest absolute Gasteiger partial charge is 0.264 e. The van der Waals surface area contributed by atoms with Gasteiger partial charge in [0.2, 0.25) is 0 Å². The lowest BCUT2D eigenvalue weighted by Gasteiger charge is -2.03. The summed E-state index contributed by atoms with van der Waals surface area (Å²) < 4.78 is 39.8. The van der Waals surface area contributed by atoms with Crippen LogP contribution in [0, 0.1) is 0 Å². The summed E-state index contributed by atoms with van der Waals surface area (Å²) in [6.45, 7) is 2.69. The molecule has 0 aliphatic heterocycles. The lowest BCUT2D eigenvalue weighted by atomic mass is 10.4. The molecule has 0 spiro atoms. The Balaban J connectivity index is 2.14. The molecule has 2 aromatic rings. The van der Waals surface area contributed by atoms with Crippen molar-refractivity contribution in [2.75, 3.05) is 0 Å². The normalized spacial score (nSPS) is 12.0. The highest BCUT2D eigenvalue weighted by molar-refractivity contribution is 5.04. The minimum atomic E-state index is -4.43. The number of rotatable bonds is 4. The molecule has 0 radical (unpaired) electrons. The van der Waals surface area contributed by atoms with E-state index in [1.807, 2.05) is 6.92 Å².